The van der Waals surface area contributed by atoms with E-state index in [0.29, 0.717) is 0 Å². The molecule has 3 heteroatoms. The second-order valence-electron chi connectivity index (χ2n) is 6.52. The molecule has 1 unspecified atom stereocenters. The standard InChI is InChI=1S/C18H18ClNO/c1-18-8-4-10-20-16(21)11-14(13(7-9-18)17(18)20)12-5-2-3-6-15(12)19/h2-3,5-6,11H,4,7-10H2,1H3. The summed E-state index contributed by atoms with van der Waals surface area (Å²) in [5, 5.41) is 0.725. The summed E-state index contributed by atoms with van der Waals surface area (Å²) in [6.07, 6.45) is 4.48. The van der Waals surface area contributed by atoms with Crippen LogP contribution in [0, 0.1) is 0 Å². The van der Waals surface area contributed by atoms with E-state index in [-0.39, 0.29) is 11.0 Å². The molecule has 1 atom stereocenters. The van der Waals surface area contributed by atoms with Crippen molar-refractivity contribution in [2.75, 3.05) is 0 Å². The highest BCUT2D eigenvalue weighted by Crippen LogP contribution is 2.47. The van der Waals surface area contributed by atoms with Gasteiger partial charge in [0, 0.05) is 34.3 Å². The Kier molecular flexibility index (Phi) is 2.80. The zero-order valence-corrected chi connectivity index (χ0v) is 12.9. The van der Waals surface area contributed by atoms with Crippen molar-refractivity contribution in [2.24, 2.45) is 0 Å². The maximum Gasteiger partial charge on any atom is 0.251 e. The van der Waals surface area contributed by atoms with E-state index in [1.54, 1.807) is 6.07 Å². The van der Waals surface area contributed by atoms with Crippen molar-refractivity contribution in [1.82, 2.24) is 4.57 Å². The molecule has 0 saturated heterocycles. The fourth-order valence-electron chi connectivity index (χ4n) is 4.16. The number of aromatic nitrogens is 1. The van der Waals surface area contributed by atoms with E-state index >= 15 is 0 Å². The number of rotatable bonds is 1. The van der Waals surface area contributed by atoms with Crippen LogP contribution in [0.4, 0.5) is 0 Å². The highest BCUT2D eigenvalue weighted by molar-refractivity contribution is 6.33. The second kappa shape index (κ2) is 4.48. The Morgan fingerprint density at radius 3 is 2.81 bits per heavy atom. The monoisotopic (exact) mass is 299 g/mol. The van der Waals surface area contributed by atoms with Gasteiger partial charge in [0.25, 0.3) is 5.56 Å². The quantitative estimate of drug-likeness (QED) is 0.775. The van der Waals surface area contributed by atoms with Crippen LogP contribution in [0.15, 0.2) is 35.1 Å². The minimum absolute atomic E-state index is 0.122. The summed E-state index contributed by atoms with van der Waals surface area (Å²) in [5.74, 6) is 0. The fourth-order valence-corrected chi connectivity index (χ4v) is 4.40. The van der Waals surface area contributed by atoms with E-state index in [1.165, 1.54) is 17.7 Å². The molecule has 2 aromatic rings. The van der Waals surface area contributed by atoms with Crippen molar-refractivity contribution in [3.63, 3.8) is 0 Å². The van der Waals surface area contributed by atoms with Gasteiger partial charge in [-0.1, -0.05) is 36.7 Å². The van der Waals surface area contributed by atoms with Gasteiger partial charge in [0.15, 0.2) is 0 Å². The molecule has 2 heterocycles. The van der Waals surface area contributed by atoms with E-state index in [9.17, 15) is 4.79 Å². The van der Waals surface area contributed by atoms with Crippen LogP contribution >= 0.6 is 11.6 Å². The summed E-state index contributed by atoms with van der Waals surface area (Å²) in [5.41, 5.74) is 4.94. The number of nitrogens with zero attached hydrogens (tertiary/aromatic N) is 1. The predicted molar refractivity (Wildman–Crippen MR) is 86.1 cm³/mol. The number of hydrogen-bond donors (Lipinski definition) is 0. The zero-order chi connectivity index (χ0) is 14.6. The molecule has 4 rings (SSSR count). The van der Waals surface area contributed by atoms with Gasteiger partial charge in [-0.05, 0) is 42.9 Å². The van der Waals surface area contributed by atoms with Crippen molar-refractivity contribution < 1.29 is 0 Å². The molecule has 0 bridgehead atoms. The summed E-state index contributed by atoms with van der Waals surface area (Å²) in [7, 11) is 0. The molecule has 0 N–H and O–H groups in total. The molecular formula is C18H18ClNO. The highest BCUT2D eigenvalue weighted by atomic mass is 35.5. The van der Waals surface area contributed by atoms with Crippen LogP contribution in [0.2, 0.25) is 5.02 Å². The van der Waals surface area contributed by atoms with Gasteiger partial charge in [-0.15, -0.1) is 0 Å². The van der Waals surface area contributed by atoms with E-state index in [4.69, 9.17) is 11.6 Å². The molecule has 2 aliphatic rings. The molecule has 1 aromatic carbocycles. The van der Waals surface area contributed by atoms with Crippen molar-refractivity contribution >= 4 is 11.6 Å². The third-order valence-electron chi connectivity index (χ3n) is 5.19. The van der Waals surface area contributed by atoms with Gasteiger partial charge in [0.05, 0.1) is 0 Å². The molecule has 1 aliphatic heterocycles. The topological polar surface area (TPSA) is 22.0 Å². The fraction of sp³-hybridized carbons (Fsp3) is 0.389. The summed E-state index contributed by atoms with van der Waals surface area (Å²) in [6.45, 7) is 3.17. The number of hydrogen-bond acceptors (Lipinski definition) is 1. The first kappa shape index (κ1) is 13.1. The summed E-state index contributed by atoms with van der Waals surface area (Å²) < 4.78 is 2.01. The maximum absolute atomic E-state index is 12.6. The van der Waals surface area contributed by atoms with E-state index in [2.05, 4.69) is 6.92 Å². The largest absolute Gasteiger partial charge is 0.312 e. The Morgan fingerprint density at radius 1 is 1.19 bits per heavy atom. The summed E-state index contributed by atoms with van der Waals surface area (Å²) in [6, 6.07) is 9.62. The van der Waals surface area contributed by atoms with Gasteiger partial charge < -0.3 is 4.57 Å². The zero-order valence-electron chi connectivity index (χ0n) is 12.2. The Hall–Kier alpha value is -1.54. The van der Waals surface area contributed by atoms with Gasteiger partial charge in [0.1, 0.15) is 0 Å². The predicted octanol–water partition coefficient (Wildman–Crippen LogP) is 4.17. The minimum atomic E-state index is 0.122. The minimum Gasteiger partial charge on any atom is -0.312 e. The molecule has 0 spiro atoms. The van der Waals surface area contributed by atoms with Gasteiger partial charge in [-0.2, -0.15) is 0 Å². The molecule has 0 amide bonds. The van der Waals surface area contributed by atoms with Gasteiger partial charge >= 0.3 is 0 Å². The van der Waals surface area contributed by atoms with Crippen LogP contribution < -0.4 is 5.56 Å². The van der Waals surface area contributed by atoms with E-state index in [0.717, 1.165) is 42.0 Å². The SMILES string of the molecule is CC12CCCn3c1c(c(-c1ccccc1Cl)cc3=O)CC2. The number of benzene rings is 1. The van der Waals surface area contributed by atoms with Crippen LogP contribution in [0.25, 0.3) is 11.1 Å². The molecular weight excluding hydrogens is 282 g/mol. The van der Waals surface area contributed by atoms with Gasteiger partial charge in [0.2, 0.25) is 0 Å². The molecule has 1 aromatic heterocycles. The first-order valence-corrected chi connectivity index (χ1v) is 8.00. The van der Waals surface area contributed by atoms with Crippen molar-refractivity contribution in [3.8, 4) is 11.1 Å². The molecule has 0 fully saturated rings. The average molecular weight is 300 g/mol. The summed E-state index contributed by atoms with van der Waals surface area (Å²) in [4.78, 5) is 12.6. The number of pyridine rings is 1. The van der Waals surface area contributed by atoms with Crippen molar-refractivity contribution in [3.05, 3.63) is 57.0 Å². The molecule has 108 valence electrons. The van der Waals surface area contributed by atoms with Crippen molar-refractivity contribution in [2.45, 2.75) is 44.6 Å². The van der Waals surface area contributed by atoms with Crippen LogP contribution in [0.1, 0.15) is 37.4 Å². The third-order valence-corrected chi connectivity index (χ3v) is 5.52. The average Bonchev–Trinajstić information content (AvgIpc) is 2.82. The second-order valence-corrected chi connectivity index (χ2v) is 6.93. The van der Waals surface area contributed by atoms with Gasteiger partial charge in [-0.25, -0.2) is 0 Å². The first-order valence-electron chi connectivity index (χ1n) is 7.62. The Balaban J connectivity index is 2.05. The van der Waals surface area contributed by atoms with Crippen LogP contribution in [0.5, 0.6) is 0 Å². The lowest BCUT2D eigenvalue weighted by atomic mass is 9.80. The highest BCUT2D eigenvalue weighted by Gasteiger charge is 2.40. The van der Waals surface area contributed by atoms with Crippen LogP contribution in [-0.2, 0) is 18.4 Å². The lowest BCUT2D eigenvalue weighted by molar-refractivity contribution is 0.333. The maximum atomic E-state index is 12.6. The van der Waals surface area contributed by atoms with Crippen LogP contribution in [0.3, 0.4) is 0 Å². The Morgan fingerprint density at radius 2 is 2.00 bits per heavy atom. The third kappa shape index (κ3) is 1.82. The van der Waals surface area contributed by atoms with E-state index in [1.807, 2.05) is 28.8 Å². The van der Waals surface area contributed by atoms with E-state index < -0.39 is 0 Å². The molecule has 1 aliphatic carbocycles. The summed E-state index contributed by atoms with van der Waals surface area (Å²) >= 11 is 6.36. The Bertz CT molecular complexity index is 792. The normalized spacial score (nSPS) is 23.1. The smallest absolute Gasteiger partial charge is 0.251 e. The van der Waals surface area contributed by atoms with Gasteiger partial charge in [-0.3, -0.25) is 4.79 Å². The number of halogens is 1. The molecule has 0 saturated carbocycles. The lowest BCUT2D eigenvalue weighted by Crippen LogP contribution is -2.35. The lowest BCUT2D eigenvalue weighted by Gasteiger charge is -2.33. The molecule has 0 radical (unpaired) electrons. The Labute approximate surface area is 129 Å². The van der Waals surface area contributed by atoms with Crippen LogP contribution in [-0.4, -0.2) is 4.57 Å². The molecule has 21 heavy (non-hydrogen) atoms. The van der Waals surface area contributed by atoms with Crippen molar-refractivity contribution in [1.29, 1.82) is 0 Å². The molecule has 2 nitrogen and oxygen atoms in total. The first-order chi connectivity index (χ1) is 10.1.